The number of sulfone groups is 1. The molecule has 0 spiro atoms. The molecule has 0 aromatic heterocycles. The van der Waals surface area contributed by atoms with Gasteiger partial charge in [0.2, 0.25) is 0 Å². The van der Waals surface area contributed by atoms with Crippen molar-refractivity contribution in [2.45, 2.75) is 17.9 Å². The summed E-state index contributed by atoms with van der Waals surface area (Å²) in [7, 11) is -2.06. The second-order valence-electron chi connectivity index (χ2n) is 5.95. The Bertz CT molecular complexity index is 940. The number of benzene rings is 2. The monoisotopic (exact) mass is 362 g/mol. The molecule has 7 nitrogen and oxygen atoms in total. The van der Waals surface area contributed by atoms with Crippen molar-refractivity contribution in [1.29, 1.82) is 0 Å². The summed E-state index contributed by atoms with van der Waals surface area (Å²) in [5, 5.41) is 11.1. The van der Waals surface area contributed by atoms with Crippen LogP contribution in [0, 0.1) is 10.1 Å². The second kappa shape index (κ2) is 6.36. The van der Waals surface area contributed by atoms with Gasteiger partial charge in [-0.05, 0) is 30.2 Å². The van der Waals surface area contributed by atoms with E-state index in [-0.39, 0.29) is 4.90 Å². The van der Waals surface area contributed by atoms with Crippen LogP contribution in [-0.2, 0) is 22.8 Å². The summed E-state index contributed by atoms with van der Waals surface area (Å²) in [6.07, 6.45) is 1.74. The van der Waals surface area contributed by atoms with Gasteiger partial charge in [-0.15, -0.1) is 0 Å². The summed E-state index contributed by atoms with van der Waals surface area (Å²) in [5.74, 6) is 0.845. The van der Waals surface area contributed by atoms with Gasteiger partial charge >= 0.3 is 0 Å². The van der Waals surface area contributed by atoms with Gasteiger partial charge < -0.3 is 9.64 Å². The Morgan fingerprint density at radius 2 is 2.00 bits per heavy atom. The molecule has 0 atom stereocenters. The number of hydrogen-bond acceptors (Lipinski definition) is 6. The highest BCUT2D eigenvalue weighted by Gasteiger charge is 2.25. The normalized spacial score (nSPS) is 14.1. The molecule has 8 heteroatoms. The summed E-state index contributed by atoms with van der Waals surface area (Å²) < 4.78 is 29.3. The number of anilines is 1. The van der Waals surface area contributed by atoms with Crippen LogP contribution in [0.4, 0.5) is 11.4 Å². The lowest BCUT2D eigenvalue weighted by Gasteiger charge is -2.31. The van der Waals surface area contributed by atoms with Crippen LogP contribution in [-0.4, -0.2) is 33.3 Å². The number of nitrogens with zero attached hydrogens (tertiary/aromatic N) is 2. The van der Waals surface area contributed by atoms with Gasteiger partial charge in [0.1, 0.15) is 10.6 Å². The predicted molar refractivity (Wildman–Crippen MR) is 94.0 cm³/mol. The van der Waals surface area contributed by atoms with E-state index >= 15 is 0 Å². The quantitative estimate of drug-likeness (QED) is 0.613. The van der Waals surface area contributed by atoms with Crippen LogP contribution in [0.3, 0.4) is 0 Å². The van der Waals surface area contributed by atoms with E-state index in [9.17, 15) is 18.5 Å². The lowest BCUT2D eigenvalue weighted by Crippen LogP contribution is -2.30. The molecule has 2 aromatic carbocycles. The molecule has 0 unspecified atom stereocenters. The van der Waals surface area contributed by atoms with Gasteiger partial charge in [0.05, 0.1) is 12.0 Å². The maximum Gasteiger partial charge on any atom is 0.288 e. The first-order valence-corrected chi connectivity index (χ1v) is 9.58. The maximum absolute atomic E-state index is 11.9. The van der Waals surface area contributed by atoms with Crippen LogP contribution in [0.5, 0.6) is 5.75 Å². The number of methoxy groups -OCH3 is 1. The van der Waals surface area contributed by atoms with Crippen molar-refractivity contribution in [3.05, 3.63) is 57.6 Å². The third kappa shape index (κ3) is 3.30. The summed E-state index contributed by atoms with van der Waals surface area (Å²) in [5.41, 5.74) is 2.50. The molecule has 3 rings (SSSR count). The lowest BCUT2D eigenvalue weighted by molar-refractivity contribution is -0.387. The Morgan fingerprint density at radius 1 is 1.24 bits per heavy atom. The van der Waals surface area contributed by atoms with Crippen LogP contribution < -0.4 is 9.64 Å². The van der Waals surface area contributed by atoms with E-state index in [0.717, 1.165) is 29.6 Å². The molecule has 1 aliphatic rings. The standard InChI is InChI=1S/C17H18N2O5S/c1-24-16-5-3-4-12-11-18(9-8-14(12)16)13-6-7-15(19(20)21)17(10-13)25(2,22)23/h3-7,10H,8-9,11H2,1-2H3. The Morgan fingerprint density at radius 3 is 2.64 bits per heavy atom. The Balaban J connectivity index is 1.99. The molecule has 2 aromatic rings. The van der Waals surface area contributed by atoms with Crippen molar-refractivity contribution in [3.63, 3.8) is 0 Å². The number of fused-ring (bicyclic) bond motifs is 1. The first-order valence-electron chi connectivity index (χ1n) is 7.69. The first kappa shape index (κ1) is 17.2. The summed E-state index contributed by atoms with van der Waals surface area (Å²) in [6, 6.07) is 10.1. The van der Waals surface area contributed by atoms with E-state index in [0.29, 0.717) is 18.8 Å². The zero-order chi connectivity index (χ0) is 18.2. The Kier molecular flexibility index (Phi) is 4.38. The highest BCUT2D eigenvalue weighted by Crippen LogP contribution is 2.33. The average molecular weight is 362 g/mol. The molecule has 0 fully saturated rings. The Labute approximate surface area is 145 Å². The molecule has 0 saturated carbocycles. The van der Waals surface area contributed by atoms with Crippen LogP contribution in [0.1, 0.15) is 11.1 Å². The third-order valence-electron chi connectivity index (χ3n) is 4.35. The van der Waals surface area contributed by atoms with Gasteiger partial charge in [-0.25, -0.2) is 8.42 Å². The molecular weight excluding hydrogens is 344 g/mol. The van der Waals surface area contributed by atoms with Crippen molar-refractivity contribution in [2.24, 2.45) is 0 Å². The molecule has 1 aliphatic heterocycles. The van der Waals surface area contributed by atoms with Gasteiger partial charge in [0, 0.05) is 36.7 Å². The molecular formula is C17H18N2O5S. The highest BCUT2D eigenvalue weighted by molar-refractivity contribution is 7.90. The van der Waals surface area contributed by atoms with E-state index in [1.807, 2.05) is 23.1 Å². The number of ether oxygens (including phenoxy) is 1. The van der Waals surface area contributed by atoms with E-state index < -0.39 is 20.4 Å². The molecule has 0 radical (unpaired) electrons. The van der Waals surface area contributed by atoms with Crippen molar-refractivity contribution in [3.8, 4) is 5.75 Å². The smallest absolute Gasteiger partial charge is 0.288 e. The molecule has 0 amide bonds. The third-order valence-corrected chi connectivity index (χ3v) is 5.47. The van der Waals surface area contributed by atoms with E-state index in [1.165, 1.54) is 12.1 Å². The molecule has 0 bridgehead atoms. The van der Waals surface area contributed by atoms with E-state index in [1.54, 1.807) is 13.2 Å². The summed E-state index contributed by atoms with van der Waals surface area (Å²) in [4.78, 5) is 12.2. The molecule has 25 heavy (non-hydrogen) atoms. The summed E-state index contributed by atoms with van der Waals surface area (Å²) in [6.45, 7) is 1.27. The largest absolute Gasteiger partial charge is 0.496 e. The van der Waals surface area contributed by atoms with Gasteiger partial charge in [-0.1, -0.05) is 12.1 Å². The van der Waals surface area contributed by atoms with Crippen LogP contribution in [0.2, 0.25) is 0 Å². The number of rotatable bonds is 4. The van der Waals surface area contributed by atoms with Crippen LogP contribution >= 0.6 is 0 Å². The van der Waals surface area contributed by atoms with Gasteiger partial charge in [0.15, 0.2) is 9.84 Å². The SMILES string of the molecule is COc1cccc2c1CCN(c1ccc([N+](=O)[O-])c(S(C)(=O)=O)c1)C2. The fourth-order valence-electron chi connectivity index (χ4n) is 3.13. The number of nitro benzene ring substituents is 1. The number of hydrogen-bond donors (Lipinski definition) is 0. The van der Waals surface area contributed by atoms with Gasteiger partial charge in [-0.3, -0.25) is 10.1 Å². The summed E-state index contributed by atoms with van der Waals surface area (Å²) >= 11 is 0. The van der Waals surface area contributed by atoms with Crippen molar-refractivity contribution >= 4 is 21.2 Å². The van der Waals surface area contributed by atoms with E-state index in [4.69, 9.17) is 4.74 Å². The zero-order valence-corrected chi connectivity index (χ0v) is 14.7. The topological polar surface area (TPSA) is 89.8 Å². The molecule has 132 valence electrons. The maximum atomic E-state index is 11.9. The van der Waals surface area contributed by atoms with Crippen LogP contribution in [0.15, 0.2) is 41.3 Å². The van der Waals surface area contributed by atoms with Crippen molar-refractivity contribution in [1.82, 2.24) is 0 Å². The molecule has 0 aliphatic carbocycles. The van der Waals surface area contributed by atoms with Crippen LogP contribution in [0.25, 0.3) is 0 Å². The van der Waals surface area contributed by atoms with Gasteiger partial charge in [-0.2, -0.15) is 0 Å². The van der Waals surface area contributed by atoms with Crippen molar-refractivity contribution in [2.75, 3.05) is 24.8 Å². The minimum atomic E-state index is -3.70. The predicted octanol–water partition coefficient (Wildman–Crippen LogP) is 2.57. The van der Waals surface area contributed by atoms with Gasteiger partial charge in [0.25, 0.3) is 5.69 Å². The number of nitro groups is 1. The zero-order valence-electron chi connectivity index (χ0n) is 13.9. The fraction of sp³-hybridized carbons (Fsp3) is 0.294. The minimum Gasteiger partial charge on any atom is -0.496 e. The fourth-order valence-corrected chi connectivity index (χ4v) is 3.99. The molecule has 0 N–H and O–H groups in total. The Hall–Kier alpha value is -2.61. The minimum absolute atomic E-state index is 0.258. The van der Waals surface area contributed by atoms with Crippen molar-refractivity contribution < 1.29 is 18.1 Å². The molecule has 1 heterocycles. The average Bonchev–Trinajstić information content (AvgIpc) is 2.59. The lowest BCUT2D eigenvalue weighted by atomic mass is 9.98. The van der Waals surface area contributed by atoms with E-state index in [2.05, 4.69) is 0 Å². The first-order chi connectivity index (χ1) is 11.8. The highest BCUT2D eigenvalue weighted by atomic mass is 32.2. The second-order valence-corrected chi connectivity index (χ2v) is 7.93. The molecule has 0 saturated heterocycles.